The lowest BCUT2D eigenvalue weighted by Crippen LogP contribution is -2.39. The fourth-order valence-corrected chi connectivity index (χ4v) is 5.75. The SMILES string of the molecule is O=C(NCc1cccc(I)c1)c1c(N2CCCCS2(=O)=O)cc2ccnnc2c1O. The zero-order valence-electron chi connectivity index (χ0n) is 15.9. The van der Waals surface area contributed by atoms with Crippen LogP contribution in [0.5, 0.6) is 5.75 Å². The van der Waals surface area contributed by atoms with Crippen molar-refractivity contribution in [2.75, 3.05) is 16.6 Å². The van der Waals surface area contributed by atoms with E-state index < -0.39 is 15.9 Å². The Labute approximate surface area is 187 Å². The van der Waals surface area contributed by atoms with Crippen molar-refractivity contribution < 1.29 is 18.3 Å². The van der Waals surface area contributed by atoms with Crippen LogP contribution in [0, 0.1) is 3.57 Å². The van der Waals surface area contributed by atoms with Gasteiger partial charge in [0.2, 0.25) is 10.0 Å². The zero-order chi connectivity index (χ0) is 21.3. The largest absolute Gasteiger partial charge is 0.505 e. The summed E-state index contributed by atoms with van der Waals surface area (Å²) in [7, 11) is -3.59. The molecule has 2 heterocycles. The lowest BCUT2D eigenvalue weighted by Gasteiger charge is -2.30. The van der Waals surface area contributed by atoms with E-state index in [1.807, 2.05) is 24.3 Å². The van der Waals surface area contributed by atoms with Gasteiger partial charge in [-0.3, -0.25) is 9.10 Å². The normalized spacial score (nSPS) is 15.8. The smallest absolute Gasteiger partial charge is 0.257 e. The van der Waals surface area contributed by atoms with Crippen LogP contribution in [-0.4, -0.2) is 41.9 Å². The summed E-state index contributed by atoms with van der Waals surface area (Å²) in [6.45, 7) is 0.489. The summed E-state index contributed by atoms with van der Waals surface area (Å²) >= 11 is 2.19. The molecule has 10 heteroatoms. The van der Waals surface area contributed by atoms with E-state index in [-0.39, 0.29) is 41.4 Å². The van der Waals surface area contributed by atoms with E-state index in [0.717, 1.165) is 9.13 Å². The molecule has 1 saturated heterocycles. The third kappa shape index (κ3) is 4.06. The van der Waals surface area contributed by atoms with Crippen LogP contribution in [0.3, 0.4) is 0 Å². The third-order valence-corrected chi connectivity index (χ3v) is 7.47. The summed E-state index contributed by atoms with van der Waals surface area (Å²) < 4.78 is 27.7. The second kappa shape index (κ2) is 8.34. The first kappa shape index (κ1) is 20.8. The number of hydrogen-bond donors (Lipinski definition) is 2. The van der Waals surface area contributed by atoms with Crippen LogP contribution in [-0.2, 0) is 16.6 Å². The van der Waals surface area contributed by atoms with Gasteiger partial charge in [0, 0.05) is 22.0 Å². The van der Waals surface area contributed by atoms with Crippen molar-refractivity contribution in [1.82, 2.24) is 15.5 Å². The van der Waals surface area contributed by atoms with E-state index in [9.17, 15) is 18.3 Å². The van der Waals surface area contributed by atoms with Gasteiger partial charge in [-0.25, -0.2) is 8.42 Å². The van der Waals surface area contributed by atoms with Crippen molar-refractivity contribution in [1.29, 1.82) is 0 Å². The molecule has 3 aromatic rings. The molecule has 1 amide bonds. The molecule has 0 bridgehead atoms. The number of fused-ring (bicyclic) bond motifs is 1. The molecule has 0 saturated carbocycles. The number of phenols is 1. The van der Waals surface area contributed by atoms with Crippen molar-refractivity contribution >= 4 is 55.1 Å². The first-order valence-corrected chi connectivity index (χ1v) is 12.1. The van der Waals surface area contributed by atoms with Crippen molar-refractivity contribution in [3.05, 3.63) is 57.3 Å². The number of hydrogen-bond acceptors (Lipinski definition) is 6. The maximum atomic E-state index is 13.1. The average molecular weight is 538 g/mol. The van der Waals surface area contributed by atoms with E-state index in [0.29, 0.717) is 18.2 Å². The highest BCUT2D eigenvalue weighted by atomic mass is 127. The van der Waals surface area contributed by atoms with Gasteiger partial charge in [-0.1, -0.05) is 12.1 Å². The molecule has 0 radical (unpaired) electrons. The van der Waals surface area contributed by atoms with Gasteiger partial charge < -0.3 is 10.4 Å². The maximum Gasteiger partial charge on any atom is 0.257 e. The number of halogens is 1. The van der Waals surface area contributed by atoms with Gasteiger partial charge in [-0.2, -0.15) is 5.10 Å². The highest BCUT2D eigenvalue weighted by Gasteiger charge is 2.32. The highest BCUT2D eigenvalue weighted by molar-refractivity contribution is 14.1. The molecule has 1 aliphatic rings. The highest BCUT2D eigenvalue weighted by Crippen LogP contribution is 2.37. The van der Waals surface area contributed by atoms with E-state index >= 15 is 0 Å². The second-order valence-corrected chi connectivity index (χ2v) is 10.3. The van der Waals surface area contributed by atoms with E-state index in [2.05, 4.69) is 38.1 Å². The predicted octanol–water partition coefficient (Wildman–Crippen LogP) is 2.80. The summed E-state index contributed by atoms with van der Waals surface area (Å²) in [6.07, 6.45) is 2.70. The average Bonchev–Trinajstić information content (AvgIpc) is 2.72. The minimum Gasteiger partial charge on any atom is -0.505 e. The predicted molar refractivity (Wildman–Crippen MR) is 122 cm³/mol. The minimum atomic E-state index is -3.59. The second-order valence-electron chi connectivity index (χ2n) is 7.00. The molecule has 0 atom stereocenters. The number of nitrogens with one attached hydrogen (secondary N) is 1. The van der Waals surface area contributed by atoms with Gasteiger partial charge in [0.25, 0.3) is 5.91 Å². The summed E-state index contributed by atoms with van der Waals surface area (Å²) in [5.41, 5.74) is 1.09. The summed E-state index contributed by atoms with van der Waals surface area (Å²) in [4.78, 5) is 13.1. The molecular weight excluding hydrogens is 519 g/mol. The number of benzene rings is 2. The Morgan fingerprint density at radius 3 is 2.83 bits per heavy atom. The van der Waals surface area contributed by atoms with Gasteiger partial charge in [-0.15, -0.1) is 5.10 Å². The number of anilines is 1. The zero-order valence-corrected chi connectivity index (χ0v) is 18.9. The number of carbonyl (C=O) groups is 1. The number of sulfonamides is 1. The van der Waals surface area contributed by atoms with Crippen LogP contribution in [0.15, 0.2) is 42.6 Å². The molecule has 4 rings (SSSR count). The summed E-state index contributed by atoms with van der Waals surface area (Å²) in [5.74, 6) is -0.949. The molecule has 1 aliphatic heterocycles. The Morgan fingerprint density at radius 2 is 2.07 bits per heavy atom. The van der Waals surface area contributed by atoms with Gasteiger partial charge in [0.1, 0.15) is 11.1 Å². The molecular formula is C20H19IN4O4S. The Hall–Kier alpha value is -2.47. The third-order valence-electron chi connectivity index (χ3n) is 4.95. The lowest BCUT2D eigenvalue weighted by atomic mass is 10.1. The molecule has 1 aromatic heterocycles. The number of rotatable bonds is 4. The Morgan fingerprint density at radius 1 is 1.23 bits per heavy atom. The van der Waals surface area contributed by atoms with Crippen LogP contribution >= 0.6 is 22.6 Å². The van der Waals surface area contributed by atoms with Crippen molar-refractivity contribution in [2.24, 2.45) is 0 Å². The Bertz CT molecular complexity index is 1230. The summed E-state index contributed by atoms with van der Waals surface area (Å²) in [5, 5.41) is 21.8. The topological polar surface area (TPSA) is 112 Å². The van der Waals surface area contributed by atoms with Crippen LogP contribution < -0.4 is 9.62 Å². The van der Waals surface area contributed by atoms with Crippen molar-refractivity contribution in [3.63, 3.8) is 0 Å². The van der Waals surface area contributed by atoms with Crippen LogP contribution in [0.1, 0.15) is 28.8 Å². The molecule has 2 aromatic carbocycles. The van der Waals surface area contributed by atoms with Crippen LogP contribution in [0.2, 0.25) is 0 Å². The Kier molecular flexibility index (Phi) is 5.78. The number of nitrogens with zero attached hydrogens (tertiary/aromatic N) is 3. The molecule has 156 valence electrons. The molecule has 2 N–H and O–H groups in total. The fourth-order valence-electron chi connectivity index (χ4n) is 3.50. The van der Waals surface area contributed by atoms with Crippen molar-refractivity contribution in [3.8, 4) is 5.75 Å². The molecule has 0 spiro atoms. The van der Waals surface area contributed by atoms with E-state index in [1.165, 1.54) is 10.5 Å². The number of carbonyl (C=O) groups excluding carboxylic acids is 1. The molecule has 0 unspecified atom stereocenters. The van der Waals surface area contributed by atoms with Gasteiger partial charge >= 0.3 is 0 Å². The van der Waals surface area contributed by atoms with Gasteiger partial charge in [-0.05, 0) is 65.3 Å². The molecule has 1 fully saturated rings. The summed E-state index contributed by atoms with van der Waals surface area (Å²) in [6, 6.07) is 10.8. The van der Waals surface area contributed by atoms with Gasteiger partial charge in [0.15, 0.2) is 5.75 Å². The standard InChI is InChI=1S/C20H19IN4O4S/c21-15-5-3-4-13(10-15)12-22-20(27)17-16(25-8-1-2-9-30(25,28)29)11-14-6-7-23-24-18(14)19(17)26/h3-7,10-11,26H,1-2,8-9,12H2,(H,22,27). The van der Waals surface area contributed by atoms with Crippen LogP contribution in [0.25, 0.3) is 10.9 Å². The van der Waals surface area contributed by atoms with Crippen LogP contribution in [0.4, 0.5) is 5.69 Å². The minimum absolute atomic E-state index is 0.00387. The molecule has 8 nitrogen and oxygen atoms in total. The fraction of sp³-hybridized carbons (Fsp3) is 0.250. The molecule has 0 aliphatic carbocycles. The quantitative estimate of drug-likeness (QED) is 0.495. The monoisotopic (exact) mass is 538 g/mol. The van der Waals surface area contributed by atoms with Gasteiger partial charge in [0.05, 0.1) is 17.6 Å². The number of amides is 1. The Balaban J connectivity index is 1.78. The number of aromatic nitrogens is 2. The first-order chi connectivity index (χ1) is 14.4. The van der Waals surface area contributed by atoms with E-state index in [1.54, 1.807) is 12.1 Å². The van der Waals surface area contributed by atoms with Crippen molar-refractivity contribution in [2.45, 2.75) is 19.4 Å². The maximum absolute atomic E-state index is 13.1. The van der Waals surface area contributed by atoms with E-state index in [4.69, 9.17) is 0 Å². The lowest BCUT2D eigenvalue weighted by molar-refractivity contribution is 0.0949. The first-order valence-electron chi connectivity index (χ1n) is 9.37. The molecule has 30 heavy (non-hydrogen) atoms. The number of aromatic hydroxyl groups is 1. The number of phenolic OH excluding ortho intramolecular Hbond substituents is 1.